The van der Waals surface area contributed by atoms with Crippen LogP contribution in [-0.4, -0.2) is 36.5 Å². The number of hydrogen-bond donors (Lipinski definition) is 1. The minimum absolute atomic E-state index is 0.00422. The number of halogens is 2. The lowest BCUT2D eigenvalue weighted by atomic mass is 10.0. The fourth-order valence-electron chi connectivity index (χ4n) is 4.39. The van der Waals surface area contributed by atoms with Crippen molar-refractivity contribution in [2.75, 3.05) is 0 Å². The van der Waals surface area contributed by atoms with E-state index in [1.54, 1.807) is 12.1 Å². The van der Waals surface area contributed by atoms with Crippen LogP contribution in [0.5, 0.6) is 0 Å². The van der Waals surface area contributed by atoms with E-state index in [0.29, 0.717) is 0 Å². The van der Waals surface area contributed by atoms with Crippen molar-refractivity contribution in [3.8, 4) is 22.8 Å². The summed E-state index contributed by atoms with van der Waals surface area (Å²) in [5.74, 6) is -3.48. The van der Waals surface area contributed by atoms with E-state index in [9.17, 15) is 14.4 Å². The van der Waals surface area contributed by atoms with Gasteiger partial charge in [0.2, 0.25) is 23.5 Å². The highest BCUT2D eigenvalue weighted by Crippen LogP contribution is 2.30. The molecule has 1 aliphatic heterocycles. The summed E-state index contributed by atoms with van der Waals surface area (Å²) in [6, 6.07) is 7.86. The van der Waals surface area contributed by atoms with Crippen molar-refractivity contribution in [3.05, 3.63) is 82.4 Å². The molecule has 1 N–H and O–H groups in total. The molecule has 4 heterocycles. The normalized spacial score (nSPS) is 15.7. The number of aromatic nitrogens is 5. The Balaban J connectivity index is 1.33. The first-order valence-electron chi connectivity index (χ1n) is 11.5. The van der Waals surface area contributed by atoms with Crippen LogP contribution in [0.1, 0.15) is 30.3 Å². The van der Waals surface area contributed by atoms with E-state index in [0.717, 1.165) is 4.57 Å². The summed E-state index contributed by atoms with van der Waals surface area (Å²) >= 11 is 0. The Morgan fingerprint density at radius 2 is 1.74 bits per heavy atom. The number of hydrogen-bond acceptors (Lipinski definition) is 9. The number of rotatable bonds is 5. The molecule has 1 fully saturated rings. The maximum Gasteiger partial charge on any atom is 0.420 e. The molecule has 190 valence electrons. The first kappa shape index (κ1) is 23.3. The quantitative estimate of drug-likeness (QED) is 0.347. The zero-order valence-electron chi connectivity index (χ0n) is 19.4. The van der Waals surface area contributed by atoms with Crippen molar-refractivity contribution in [2.45, 2.75) is 25.3 Å². The first-order chi connectivity index (χ1) is 18.4. The Hall–Kier alpha value is -5.07. The predicted molar refractivity (Wildman–Crippen MR) is 125 cm³/mol. The molecule has 3 aromatic heterocycles. The van der Waals surface area contributed by atoms with Gasteiger partial charge in [-0.15, -0.1) is 0 Å². The van der Waals surface area contributed by atoms with Crippen LogP contribution in [0.2, 0.25) is 0 Å². The van der Waals surface area contributed by atoms with Crippen LogP contribution in [-0.2, 0) is 16.0 Å². The highest BCUT2D eigenvalue weighted by Gasteiger charge is 2.33. The van der Waals surface area contributed by atoms with Crippen LogP contribution < -0.4 is 11.1 Å². The van der Waals surface area contributed by atoms with Gasteiger partial charge in [0.25, 0.3) is 0 Å². The van der Waals surface area contributed by atoms with E-state index in [1.807, 2.05) is 0 Å². The maximum atomic E-state index is 15.6. The third-order valence-corrected chi connectivity index (χ3v) is 6.17. The molecule has 11 nitrogen and oxygen atoms in total. The van der Waals surface area contributed by atoms with Crippen molar-refractivity contribution < 1.29 is 27.3 Å². The first-order valence-corrected chi connectivity index (χ1v) is 11.5. The number of carbonyl (C=O) groups is 2. The molecule has 0 aliphatic carbocycles. The number of fused-ring (bicyclic) bond motifs is 1. The minimum atomic E-state index is -1.11. The lowest BCUT2D eigenvalue weighted by Crippen LogP contribution is -2.43. The fraction of sp³-hybridized carbons (Fsp3) is 0.160. The Kier molecular flexibility index (Phi) is 5.59. The largest absolute Gasteiger partial charge is 0.420 e. The molecule has 0 bridgehead atoms. The monoisotopic (exact) mass is 518 g/mol. The molecular weight excluding hydrogens is 502 g/mol. The van der Waals surface area contributed by atoms with Gasteiger partial charge in [0, 0.05) is 18.8 Å². The fourth-order valence-corrected chi connectivity index (χ4v) is 4.39. The molecule has 2 aromatic carbocycles. The summed E-state index contributed by atoms with van der Waals surface area (Å²) in [7, 11) is 0. The average Bonchev–Trinajstić information content (AvgIpc) is 3.51. The van der Waals surface area contributed by atoms with Crippen molar-refractivity contribution >= 4 is 22.9 Å². The van der Waals surface area contributed by atoms with Gasteiger partial charge in [0.1, 0.15) is 17.4 Å². The summed E-state index contributed by atoms with van der Waals surface area (Å²) < 4.78 is 42.2. The van der Waals surface area contributed by atoms with Crippen LogP contribution in [0.25, 0.3) is 33.9 Å². The molecule has 1 saturated heterocycles. The van der Waals surface area contributed by atoms with Crippen LogP contribution in [0.15, 0.2) is 62.5 Å². The SMILES string of the molecule is O=C1CCC(n2c(=O)oc3ccc(Cc4nc(-c5cccc(-c6ncccn6)c5F)no4)c(F)c32)C(=O)N1. The van der Waals surface area contributed by atoms with Crippen LogP contribution in [0, 0.1) is 11.6 Å². The van der Waals surface area contributed by atoms with Crippen molar-refractivity contribution in [1.29, 1.82) is 0 Å². The van der Waals surface area contributed by atoms with Crippen molar-refractivity contribution in [2.24, 2.45) is 0 Å². The molecule has 2 amide bonds. The van der Waals surface area contributed by atoms with Gasteiger partial charge in [-0.3, -0.25) is 19.5 Å². The number of nitrogens with one attached hydrogen (secondary N) is 1. The minimum Gasteiger partial charge on any atom is -0.408 e. The smallest absolute Gasteiger partial charge is 0.408 e. The van der Waals surface area contributed by atoms with Gasteiger partial charge in [0.05, 0.1) is 17.5 Å². The molecule has 6 rings (SSSR count). The third-order valence-electron chi connectivity index (χ3n) is 6.17. The van der Waals surface area contributed by atoms with Crippen molar-refractivity contribution in [1.82, 2.24) is 30.0 Å². The highest BCUT2D eigenvalue weighted by atomic mass is 19.1. The van der Waals surface area contributed by atoms with Gasteiger partial charge in [-0.2, -0.15) is 4.98 Å². The highest BCUT2D eigenvalue weighted by molar-refractivity contribution is 6.00. The second kappa shape index (κ2) is 9.10. The molecule has 0 spiro atoms. The second-order valence-electron chi connectivity index (χ2n) is 8.52. The Morgan fingerprint density at radius 1 is 0.974 bits per heavy atom. The van der Waals surface area contributed by atoms with Crippen LogP contribution in [0.3, 0.4) is 0 Å². The Labute approximate surface area is 211 Å². The lowest BCUT2D eigenvalue weighted by Gasteiger charge is -2.21. The van der Waals surface area contributed by atoms with E-state index in [-0.39, 0.29) is 64.6 Å². The topological polar surface area (TPSA) is 146 Å². The average molecular weight is 518 g/mol. The van der Waals surface area contributed by atoms with E-state index in [4.69, 9.17) is 8.94 Å². The molecule has 13 heteroatoms. The molecule has 1 atom stereocenters. The van der Waals surface area contributed by atoms with Crippen LogP contribution >= 0.6 is 0 Å². The standard InChI is InChI=1S/C25H16F2N6O5/c26-19-12(5-7-16-21(19)33(25(36)37-16)15-6-8-17(34)30-24(15)35)11-18-31-23(32-38-18)14-4-1-3-13(20(14)27)22-28-9-2-10-29-22/h1-5,7,9-10,15H,6,8,11H2,(H,30,34,35). The second-order valence-corrected chi connectivity index (χ2v) is 8.52. The van der Waals surface area contributed by atoms with Gasteiger partial charge in [-0.05, 0) is 36.2 Å². The summed E-state index contributed by atoms with van der Waals surface area (Å²) in [5, 5.41) is 5.98. The van der Waals surface area contributed by atoms with Gasteiger partial charge in [-0.1, -0.05) is 17.3 Å². The number of nitrogens with zero attached hydrogens (tertiary/aromatic N) is 5. The number of piperidine rings is 1. The number of oxazole rings is 1. The van der Waals surface area contributed by atoms with E-state index in [1.165, 1.54) is 36.7 Å². The van der Waals surface area contributed by atoms with Gasteiger partial charge in [0.15, 0.2) is 17.2 Å². The Morgan fingerprint density at radius 3 is 2.50 bits per heavy atom. The molecule has 0 radical (unpaired) electrons. The number of carbonyl (C=O) groups excluding carboxylic acids is 2. The zero-order valence-corrected chi connectivity index (χ0v) is 19.4. The van der Waals surface area contributed by atoms with Crippen LogP contribution in [0.4, 0.5) is 8.78 Å². The van der Waals surface area contributed by atoms with E-state index in [2.05, 4.69) is 25.4 Å². The summed E-state index contributed by atoms with van der Waals surface area (Å²) in [6.07, 6.45) is 2.81. The van der Waals surface area contributed by atoms with Gasteiger partial charge in [-0.25, -0.2) is 23.5 Å². The van der Waals surface area contributed by atoms with Crippen molar-refractivity contribution in [3.63, 3.8) is 0 Å². The van der Waals surface area contributed by atoms with E-state index < -0.39 is 35.2 Å². The third kappa shape index (κ3) is 3.93. The summed E-state index contributed by atoms with van der Waals surface area (Å²) in [5.41, 5.74) is -0.0151. The predicted octanol–water partition coefficient (Wildman–Crippen LogP) is 2.95. The molecule has 38 heavy (non-hydrogen) atoms. The van der Waals surface area contributed by atoms with E-state index >= 15 is 8.78 Å². The number of imide groups is 1. The van der Waals surface area contributed by atoms with Gasteiger partial charge >= 0.3 is 5.76 Å². The number of benzene rings is 2. The molecule has 1 aliphatic rings. The maximum absolute atomic E-state index is 15.6. The molecular formula is C25H16F2N6O5. The molecule has 0 saturated carbocycles. The van der Waals surface area contributed by atoms with Gasteiger partial charge < -0.3 is 8.94 Å². The lowest BCUT2D eigenvalue weighted by molar-refractivity contribution is -0.135. The Bertz CT molecular complexity index is 1780. The summed E-state index contributed by atoms with van der Waals surface area (Å²) in [4.78, 5) is 48.7. The number of amides is 2. The zero-order chi connectivity index (χ0) is 26.4. The molecule has 1 unspecified atom stereocenters. The molecule has 5 aromatic rings. The summed E-state index contributed by atoms with van der Waals surface area (Å²) in [6.45, 7) is 0.